The lowest BCUT2D eigenvalue weighted by molar-refractivity contribution is 0.0469. The van der Waals surface area contributed by atoms with Gasteiger partial charge in [0.2, 0.25) is 0 Å². The molecule has 0 saturated heterocycles. The van der Waals surface area contributed by atoms with Gasteiger partial charge in [-0.2, -0.15) is 0 Å². The molecule has 0 fully saturated rings. The van der Waals surface area contributed by atoms with Gasteiger partial charge in [0.1, 0.15) is 18.2 Å². The largest absolute Gasteiger partial charge is 0.508 e. The number of hydrogen-bond acceptors (Lipinski definition) is 3. The molecule has 24 heavy (non-hydrogen) atoms. The van der Waals surface area contributed by atoms with Crippen molar-refractivity contribution in [3.63, 3.8) is 0 Å². The van der Waals surface area contributed by atoms with Crippen LogP contribution in [0.1, 0.15) is 15.9 Å². The third kappa shape index (κ3) is 3.60. The lowest BCUT2D eigenvalue weighted by Crippen LogP contribution is -2.06. The number of esters is 1. The van der Waals surface area contributed by atoms with Gasteiger partial charge in [-0.1, -0.05) is 42.5 Å². The number of rotatable bonds is 4. The zero-order chi connectivity index (χ0) is 16.9. The van der Waals surface area contributed by atoms with Crippen LogP contribution in [0, 0.1) is 5.82 Å². The summed E-state index contributed by atoms with van der Waals surface area (Å²) in [6.07, 6.45) is 0. The Morgan fingerprint density at radius 1 is 0.875 bits per heavy atom. The zero-order valence-electron chi connectivity index (χ0n) is 12.8. The number of ether oxygens (including phenoxy) is 1. The number of phenols is 1. The van der Waals surface area contributed by atoms with Crippen molar-refractivity contribution in [1.82, 2.24) is 0 Å². The van der Waals surface area contributed by atoms with Crippen LogP contribution in [0.4, 0.5) is 4.39 Å². The molecule has 0 spiro atoms. The smallest absolute Gasteiger partial charge is 0.338 e. The standard InChI is InChI=1S/C20H15FO3/c21-19-4-2-1-3-17(19)13-24-20(23)16-7-5-14(6-8-16)15-9-11-18(22)12-10-15/h1-12,22H,13H2. The molecule has 0 aliphatic rings. The van der Waals surface area contributed by atoms with Gasteiger partial charge in [-0.3, -0.25) is 0 Å². The summed E-state index contributed by atoms with van der Waals surface area (Å²) in [5, 5.41) is 9.31. The first kappa shape index (κ1) is 15.7. The summed E-state index contributed by atoms with van der Waals surface area (Å²) in [5.74, 6) is -0.699. The van der Waals surface area contributed by atoms with E-state index in [-0.39, 0.29) is 12.4 Å². The maximum Gasteiger partial charge on any atom is 0.338 e. The van der Waals surface area contributed by atoms with Gasteiger partial charge in [-0.05, 0) is 41.5 Å². The topological polar surface area (TPSA) is 46.5 Å². The van der Waals surface area contributed by atoms with E-state index in [0.717, 1.165) is 11.1 Å². The Balaban J connectivity index is 1.68. The van der Waals surface area contributed by atoms with Crippen molar-refractivity contribution < 1.29 is 19.0 Å². The quantitative estimate of drug-likeness (QED) is 0.717. The van der Waals surface area contributed by atoms with Gasteiger partial charge >= 0.3 is 5.97 Å². The van der Waals surface area contributed by atoms with Crippen LogP contribution in [0.3, 0.4) is 0 Å². The highest BCUT2D eigenvalue weighted by atomic mass is 19.1. The van der Waals surface area contributed by atoms with Crippen molar-refractivity contribution in [1.29, 1.82) is 0 Å². The zero-order valence-corrected chi connectivity index (χ0v) is 12.8. The third-order valence-corrected chi connectivity index (χ3v) is 3.64. The highest BCUT2D eigenvalue weighted by Gasteiger charge is 2.09. The first-order chi connectivity index (χ1) is 11.6. The van der Waals surface area contributed by atoms with Gasteiger partial charge in [-0.25, -0.2) is 9.18 Å². The van der Waals surface area contributed by atoms with E-state index in [1.165, 1.54) is 6.07 Å². The van der Waals surface area contributed by atoms with Gasteiger partial charge in [-0.15, -0.1) is 0 Å². The first-order valence-electron chi connectivity index (χ1n) is 7.43. The van der Waals surface area contributed by atoms with E-state index in [4.69, 9.17) is 4.74 Å². The molecule has 3 nitrogen and oxygen atoms in total. The molecule has 0 radical (unpaired) electrons. The highest BCUT2D eigenvalue weighted by molar-refractivity contribution is 5.90. The summed E-state index contributed by atoms with van der Waals surface area (Å²) < 4.78 is 18.6. The summed E-state index contributed by atoms with van der Waals surface area (Å²) in [6.45, 7) is -0.106. The third-order valence-electron chi connectivity index (χ3n) is 3.64. The van der Waals surface area contributed by atoms with Crippen molar-refractivity contribution in [2.75, 3.05) is 0 Å². The Morgan fingerprint density at radius 3 is 2.08 bits per heavy atom. The fourth-order valence-corrected chi connectivity index (χ4v) is 2.29. The van der Waals surface area contributed by atoms with Gasteiger partial charge in [0.25, 0.3) is 0 Å². The van der Waals surface area contributed by atoms with Crippen molar-refractivity contribution in [2.45, 2.75) is 6.61 Å². The Bertz CT molecular complexity index is 840. The predicted octanol–water partition coefficient (Wildman–Crippen LogP) is 4.56. The van der Waals surface area contributed by atoms with Gasteiger partial charge < -0.3 is 9.84 Å². The summed E-state index contributed by atoms with van der Waals surface area (Å²) >= 11 is 0. The molecule has 3 aromatic carbocycles. The lowest BCUT2D eigenvalue weighted by atomic mass is 10.0. The van der Waals surface area contributed by atoms with Crippen LogP contribution in [-0.4, -0.2) is 11.1 Å². The Kier molecular flexibility index (Phi) is 4.57. The maximum atomic E-state index is 13.5. The van der Waals surface area contributed by atoms with Crippen LogP contribution in [0.2, 0.25) is 0 Å². The molecule has 0 aromatic heterocycles. The molecule has 0 heterocycles. The summed E-state index contributed by atoms with van der Waals surface area (Å²) in [4.78, 5) is 12.0. The van der Waals surface area contributed by atoms with Crippen molar-refractivity contribution in [3.05, 3.63) is 89.7 Å². The van der Waals surface area contributed by atoms with Gasteiger partial charge in [0.05, 0.1) is 5.56 Å². The van der Waals surface area contributed by atoms with E-state index < -0.39 is 11.8 Å². The molecule has 0 atom stereocenters. The number of halogens is 1. The van der Waals surface area contributed by atoms with E-state index in [1.54, 1.807) is 66.7 Å². The number of phenolic OH excluding ortho intramolecular Hbond substituents is 1. The average Bonchev–Trinajstić information content (AvgIpc) is 2.62. The maximum absolute atomic E-state index is 13.5. The number of aromatic hydroxyl groups is 1. The monoisotopic (exact) mass is 322 g/mol. The van der Waals surface area contributed by atoms with Crippen LogP contribution in [0.5, 0.6) is 5.75 Å². The molecule has 3 rings (SSSR count). The van der Waals surface area contributed by atoms with Crippen molar-refractivity contribution in [2.24, 2.45) is 0 Å². The molecule has 0 aliphatic heterocycles. The van der Waals surface area contributed by atoms with E-state index >= 15 is 0 Å². The Labute approximate surface area is 139 Å². The molecular formula is C20H15FO3. The number of hydrogen-bond donors (Lipinski definition) is 1. The number of carbonyl (C=O) groups is 1. The minimum absolute atomic E-state index is 0.106. The molecule has 0 bridgehead atoms. The molecule has 120 valence electrons. The molecule has 3 aromatic rings. The lowest BCUT2D eigenvalue weighted by Gasteiger charge is -2.07. The fourth-order valence-electron chi connectivity index (χ4n) is 2.29. The number of benzene rings is 3. The van der Waals surface area contributed by atoms with Gasteiger partial charge in [0, 0.05) is 5.56 Å². The van der Waals surface area contributed by atoms with Crippen LogP contribution < -0.4 is 0 Å². The molecule has 0 saturated carbocycles. The summed E-state index contributed by atoms with van der Waals surface area (Å²) in [7, 11) is 0. The normalized spacial score (nSPS) is 10.4. The summed E-state index contributed by atoms with van der Waals surface area (Å²) in [6, 6.07) is 19.9. The SMILES string of the molecule is O=C(OCc1ccccc1F)c1ccc(-c2ccc(O)cc2)cc1. The summed E-state index contributed by atoms with van der Waals surface area (Å²) in [5.41, 5.74) is 2.58. The second kappa shape index (κ2) is 6.96. The molecular weight excluding hydrogens is 307 g/mol. The Hall–Kier alpha value is -3.14. The van der Waals surface area contributed by atoms with E-state index in [9.17, 15) is 14.3 Å². The number of carbonyl (C=O) groups excluding carboxylic acids is 1. The molecule has 4 heteroatoms. The minimum atomic E-state index is -0.504. The minimum Gasteiger partial charge on any atom is -0.508 e. The van der Waals surface area contributed by atoms with Gasteiger partial charge in [0.15, 0.2) is 0 Å². The second-order valence-electron chi connectivity index (χ2n) is 5.29. The predicted molar refractivity (Wildman–Crippen MR) is 89.1 cm³/mol. The first-order valence-corrected chi connectivity index (χ1v) is 7.43. The molecule has 1 N–H and O–H groups in total. The highest BCUT2D eigenvalue weighted by Crippen LogP contribution is 2.22. The Morgan fingerprint density at radius 2 is 1.46 bits per heavy atom. The molecule has 0 unspecified atom stereocenters. The van der Waals surface area contributed by atoms with Crippen molar-refractivity contribution in [3.8, 4) is 16.9 Å². The van der Waals surface area contributed by atoms with Crippen LogP contribution in [0.15, 0.2) is 72.8 Å². The molecule has 0 aliphatic carbocycles. The van der Waals surface area contributed by atoms with Crippen LogP contribution in [-0.2, 0) is 11.3 Å². The van der Waals surface area contributed by atoms with Crippen LogP contribution >= 0.6 is 0 Å². The molecule has 0 amide bonds. The van der Waals surface area contributed by atoms with E-state index in [1.807, 2.05) is 0 Å². The average molecular weight is 322 g/mol. The van der Waals surface area contributed by atoms with E-state index in [0.29, 0.717) is 11.1 Å². The van der Waals surface area contributed by atoms with Crippen LogP contribution in [0.25, 0.3) is 11.1 Å². The fraction of sp³-hybridized carbons (Fsp3) is 0.0500. The van der Waals surface area contributed by atoms with Crippen molar-refractivity contribution >= 4 is 5.97 Å². The second-order valence-corrected chi connectivity index (χ2v) is 5.29. The van der Waals surface area contributed by atoms with E-state index in [2.05, 4.69) is 0 Å².